The fraction of sp³-hybridized carbons (Fsp3) is 0.500. The quantitative estimate of drug-likeness (QED) is 0.229. The number of rotatable bonds is 12. The Morgan fingerprint density at radius 3 is 1.48 bits per heavy atom. The summed E-state index contributed by atoms with van der Waals surface area (Å²) in [7, 11) is 1.05. The standard InChI is InChI=1S/C12H16O11/c1-7(11(19)20-2)3-12(21-4-8(13)14,22-5-9(15)16)23-6-10(17)18/h1,3-6H2,2H3,(H,13,14)(H,15,16)(H,17,18). The minimum absolute atomic E-state index is 0.311. The Balaban J connectivity index is 5.34. The monoisotopic (exact) mass is 336 g/mol. The molecule has 0 rings (SSSR count). The van der Waals surface area contributed by atoms with Crippen LogP contribution in [0.3, 0.4) is 0 Å². The molecule has 11 heteroatoms. The van der Waals surface area contributed by atoms with Crippen molar-refractivity contribution in [3.8, 4) is 0 Å². The third-order valence-corrected chi connectivity index (χ3v) is 2.15. The average molecular weight is 336 g/mol. The largest absolute Gasteiger partial charge is 0.480 e. The Morgan fingerprint density at radius 1 is 0.870 bits per heavy atom. The van der Waals surface area contributed by atoms with Crippen LogP contribution in [0.4, 0.5) is 0 Å². The summed E-state index contributed by atoms with van der Waals surface area (Å²) in [5, 5.41) is 25.9. The molecule has 11 nitrogen and oxygen atoms in total. The predicted molar refractivity (Wildman–Crippen MR) is 69.3 cm³/mol. The molecular formula is C12H16O11. The van der Waals surface area contributed by atoms with Crippen LogP contribution >= 0.6 is 0 Å². The van der Waals surface area contributed by atoms with Crippen LogP contribution in [0.1, 0.15) is 6.42 Å². The van der Waals surface area contributed by atoms with E-state index in [2.05, 4.69) is 11.3 Å². The van der Waals surface area contributed by atoms with Crippen LogP contribution in [0, 0.1) is 0 Å². The normalized spacial score (nSPS) is 10.8. The van der Waals surface area contributed by atoms with Crippen LogP contribution in [-0.4, -0.2) is 72.1 Å². The number of hydrogen-bond acceptors (Lipinski definition) is 8. The molecule has 0 aromatic heterocycles. The van der Waals surface area contributed by atoms with Gasteiger partial charge in [0.15, 0.2) is 0 Å². The maximum Gasteiger partial charge on any atom is 0.333 e. The lowest BCUT2D eigenvalue weighted by molar-refractivity contribution is -0.373. The number of methoxy groups -OCH3 is 1. The summed E-state index contributed by atoms with van der Waals surface area (Å²) in [5.74, 6) is -7.76. The molecule has 0 atom stereocenters. The lowest BCUT2D eigenvalue weighted by atomic mass is 10.2. The summed E-state index contributed by atoms with van der Waals surface area (Å²) >= 11 is 0. The van der Waals surface area contributed by atoms with Gasteiger partial charge in [0.25, 0.3) is 5.97 Å². The second kappa shape index (κ2) is 9.50. The van der Waals surface area contributed by atoms with Crippen molar-refractivity contribution >= 4 is 23.9 Å². The number of aliphatic carboxylic acids is 3. The fourth-order valence-corrected chi connectivity index (χ4v) is 1.27. The third kappa shape index (κ3) is 8.50. The van der Waals surface area contributed by atoms with Crippen molar-refractivity contribution in [3.05, 3.63) is 12.2 Å². The van der Waals surface area contributed by atoms with Gasteiger partial charge in [0.2, 0.25) is 0 Å². The zero-order chi connectivity index (χ0) is 18.0. The van der Waals surface area contributed by atoms with Crippen molar-refractivity contribution < 1.29 is 53.4 Å². The molecule has 0 amide bonds. The van der Waals surface area contributed by atoms with Gasteiger partial charge < -0.3 is 34.3 Å². The summed E-state index contributed by atoms with van der Waals surface area (Å²) in [5.41, 5.74) is -0.311. The lowest BCUT2D eigenvalue weighted by Crippen LogP contribution is -2.44. The van der Waals surface area contributed by atoms with E-state index in [-0.39, 0.29) is 5.57 Å². The van der Waals surface area contributed by atoms with Gasteiger partial charge in [-0.25, -0.2) is 19.2 Å². The molecule has 3 N–H and O–H groups in total. The highest BCUT2D eigenvalue weighted by Crippen LogP contribution is 2.25. The Labute approximate surface area is 130 Å². The molecule has 23 heavy (non-hydrogen) atoms. The van der Waals surface area contributed by atoms with E-state index in [0.29, 0.717) is 0 Å². The van der Waals surface area contributed by atoms with Gasteiger partial charge in [0, 0.05) is 5.57 Å². The third-order valence-electron chi connectivity index (χ3n) is 2.15. The number of carboxylic acid groups (broad SMARTS) is 3. The minimum atomic E-state index is -2.44. The predicted octanol–water partition coefficient (Wildman–Crippen LogP) is -0.937. The van der Waals surface area contributed by atoms with Gasteiger partial charge in [-0.2, -0.15) is 0 Å². The highest BCUT2D eigenvalue weighted by Gasteiger charge is 2.38. The molecule has 0 spiro atoms. The van der Waals surface area contributed by atoms with Crippen LogP contribution in [0.5, 0.6) is 0 Å². The van der Waals surface area contributed by atoms with Crippen LogP contribution in [0.25, 0.3) is 0 Å². The second-order valence-corrected chi connectivity index (χ2v) is 4.00. The van der Waals surface area contributed by atoms with Gasteiger partial charge in [0.05, 0.1) is 13.5 Å². The maximum absolute atomic E-state index is 11.4. The van der Waals surface area contributed by atoms with E-state index < -0.39 is 56.1 Å². The molecule has 130 valence electrons. The first-order valence-corrected chi connectivity index (χ1v) is 5.95. The molecule has 0 unspecified atom stereocenters. The molecule has 0 heterocycles. The van der Waals surface area contributed by atoms with Crippen molar-refractivity contribution in [2.75, 3.05) is 26.9 Å². The van der Waals surface area contributed by atoms with Crippen LogP contribution in [-0.2, 0) is 38.1 Å². The van der Waals surface area contributed by atoms with Gasteiger partial charge in [-0.1, -0.05) is 6.58 Å². The van der Waals surface area contributed by atoms with E-state index in [0.717, 1.165) is 7.11 Å². The van der Waals surface area contributed by atoms with Crippen LogP contribution in [0.2, 0.25) is 0 Å². The van der Waals surface area contributed by atoms with E-state index in [1.54, 1.807) is 0 Å². The zero-order valence-corrected chi connectivity index (χ0v) is 12.1. The number of ether oxygens (including phenoxy) is 4. The molecule has 0 radical (unpaired) electrons. The number of carboxylic acids is 3. The maximum atomic E-state index is 11.4. The van der Waals surface area contributed by atoms with E-state index in [9.17, 15) is 19.2 Å². The van der Waals surface area contributed by atoms with E-state index in [4.69, 9.17) is 29.5 Å². The molecule has 0 bridgehead atoms. The molecule has 0 saturated carbocycles. The Kier molecular flexibility index (Phi) is 8.47. The Morgan fingerprint density at radius 2 is 1.22 bits per heavy atom. The Bertz CT molecular complexity index is 436. The van der Waals surface area contributed by atoms with Crippen molar-refractivity contribution in [3.63, 3.8) is 0 Å². The highest BCUT2D eigenvalue weighted by atomic mass is 16.9. The van der Waals surface area contributed by atoms with Gasteiger partial charge in [0.1, 0.15) is 19.8 Å². The minimum Gasteiger partial charge on any atom is -0.480 e. The molecule has 0 fully saturated rings. The first-order chi connectivity index (χ1) is 10.6. The lowest BCUT2D eigenvalue weighted by Gasteiger charge is -2.31. The molecule has 0 aromatic carbocycles. The topological polar surface area (TPSA) is 166 Å². The summed E-state index contributed by atoms with van der Waals surface area (Å²) in [4.78, 5) is 43.2. The van der Waals surface area contributed by atoms with Crippen molar-refractivity contribution in [2.24, 2.45) is 0 Å². The molecule has 0 aliphatic carbocycles. The number of esters is 1. The average Bonchev–Trinajstić information content (AvgIpc) is 2.47. The van der Waals surface area contributed by atoms with Gasteiger partial charge >= 0.3 is 23.9 Å². The van der Waals surface area contributed by atoms with Crippen molar-refractivity contribution in [2.45, 2.75) is 12.4 Å². The van der Waals surface area contributed by atoms with Gasteiger partial charge in [-0.05, 0) is 0 Å². The SMILES string of the molecule is C=C(CC(OCC(=O)O)(OCC(=O)O)OCC(=O)O)C(=O)OC. The first kappa shape index (κ1) is 20.5. The highest BCUT2D eigenvalue weighted by molar-refractivity contribution is 5.87. The van der Waals surface area contributed by atoms with Crippen molar-refractivity contribution in [1.29, 1.82) is 0 Å². The molecule has 0 aliphatic rings. The molecule has 0 aliphatic heterocycles. The van der Waals surface area contributed by atoms with Gasteiger partial charge in [-0.15, -0.1) is 0 Å². The summed E-state index contributed by atoms with van der Waals surface area (Å²) in [6.45, 7) is 0.316. The van der Waals surface area contributed by atoms with Crippen LogP contribution in [0.15, 0.2) is 12.2 Å². The van der Waals surface area contributed by atoms with E-state index >= 15 is 0 Å². The molecule has 0 aromatic rings. The summed E-state index contributed by atoms with van der Waals surface area (Å²) < 4.78 is 18.8. The second-order valence-electron chi connectivity index (χ2n) is 4.00. The zero-order valence-electron chi connectivity index (χ0n) is 12.1. The summed E-state index contributed by atoms with van der Waals surface area (Å²) in [6.07, 6.45) is -0.673. The smallest absolute Gasteiger partial charge is 0.333 e. The molecular weight excluding hydrogens is 320 g/mol. The van der Waals surface area contributed by atoms with Crippen LogP contribution < -0.4 is 0 Å². The first-order valence-electron chi connectivity index (χ1n) is 5.95. The van der Waals surface area contributed by atoms with Crippen molar-refractivity contribution in [1.82, 2.24) is 0 Å². The Hall–Kier alpha value is -2.50. The summed E-state index contributed by atoms with van der Waals surface area (Å²) in [6, 6.07) is 0. The van der Waals surface area contributed by atoms with E-state index in [1.165, 1.54) is 0 Å². The number of carbonyl (C=O) groups is 4. The van der Waals surface area contributed by atoms with Gasteiger partial charge in [-0.3, -0.25) is 0 Å². The van der Waals surface area contributed by atoms with E-state index in [1.807, 2.05) is 0 Å². The number of carbonyl (C=O) groups excluding carboxylic acids is 1. The molecule has 0 saturated heterocycles. The number of hydrogen-bond donors (Lipinski definition) is 3. The fourth-order valence-electron chi connectivity index (χ4n) is 1.27.